The molecule has 0 fully saturated rings. The Balaban J connectivity index is 0. The molecule has 0 bridgehead atoms. The Hall–Kier alpha value is 0.984. The van der Waals surface area contributed by atoms with Gasteiger partial charge in [-0.25, -0.2) is 4.79 Å². The van der Waals surface area contributed by atoms with Crippen molar-refractivity contribution < 1.29 is 51.9 Å². The molecule has 0 amide bonds. The van der Waals surface area contributed by atoms with Gasteiger partial charge < -0.3 is 9.63 Å². The molecule has 12 heavy (non-hydrogen) atoms. The van der Waals surface area contributed by atoms with Gasteiger partial charge in [0.25, 0.3) is 0 Å². The predicted molar refractivity (Wildman–Crippen MR) is 44.9 cm³/mol. The molecule has 0 aromatic heterocycles. The van der Waals surface area contributed by atoms with Gasteiger partial charge in [-0.15, -0.1) is 0 Å². The quantitative estimate of drug-likeness (QED) is 0.737. The van der Waals surface area contributed by atoms with E-state index in [1.807, 2.05) is 0 Å². The summed E-state index contributed by atoms with van der Waals surface area (Å²) in [5.74, 6) is -0.702. The van der Waals surface area contributed by atoms with E-state index >= 15 is 0 Å². The number of hydrogen-bond donors (Lipinski definition) is 1. The van der Waals surface area contributed by atoms with Crippen LogP contribution in [0.25, 0.3) is 0 Å². The molecule has 0 aliphatic heterocycles. The fourth-order valence-electron chi connectivity index (χ4n) is 0.343. The van der Waals surface area contributed by atoms with E-state index in [1.165, 1.54) is 6.92 Å². The largest absolute Gasteiger partial charge is 0.450 e. The molecule has 0 aromatic carbocycles. The average molecular weight is 285 g/mol. The minimum atomic E-state index is -1.22. The van der Waals surface area contributed by atoms with Crippen LogP contribution in [0.4, 0.5) is 0 Å². The number of carbonyl (C=O) groups excluding carboxylic acids is 2. The van der Waals surface area contributed by atoms with E-state index in [2.05, 4.69) is 4.52 Å². The van der Waals surface area contributed by atoms with Gasteiger partial charge in [-0.2, -0.15) is 0 Å². The van der Waals surface area contributed by atoms with Crippen molar-refractivity contribution in [2.45, 2.75) is 13.0 Å². The molecular weight excluding hydrogens is 276 g/mol. The monoisotopic (exact) mass is 285 g/mol. The van der Waals surface area contributed by atoms with Gasteiger partial charge in [0.2, 0.25) is 0 Å². The second kappa shape index (κ2) is 8.58. The predicted octanol–water partition coefficient (Wildman–Crippen LogP) is -0.0422. The van der Waals surface area contributed by atoms with Gasteiger partial charge in [-0.05, 0) is 0 Å². The van der Waals surface area contributed by atoms with Gasteiger partial charge in [-0.3, -0.25) is 4.79 Å². The number of carbonyl (C=O) groups is 2. The van der Waals surface area contributed by atoms with E-state index in [-0.39, 0.29) is 43.6 Å². The van der Waals surface area contributed by atoms with Crippen LogP contribution >= 0.6 is 21.2 Å². The summed E-state index contributed by atoms with van der Waals surface area (Å²) >= 11 is 0.884. The zero-order chi connectivity index (χ0) is 8.85. The third-order valence-corrected chi connectivity index (χ3v) is 1.95. The summed E-state index contributed by atoms with van der Waals surface area (Å²) in [4.78, 5) is 20.9. The van der Waals surface area contributed by atoms with Crippen LogP contribution in [0, 0.1) is 0 Å². The molecule has 67 valence electrons. The summed E-state index contributed by atoms with van der Waals surface area (Å²) in [7, 11) is 1.73. The summed E-state index contributed by atoms with van der Waals surface area (Å²) in [6, 6.07) is 0. The van der Waals surface area contributed by atoms with Crippen molar-refractivity contribution in [3.05, 3.63) is 0 Å². The van der Waals surface area contributed by atoms with Crippen LogP contribution in [0.15, 0.2) is 0 Å². The summed E-state index contributed by atoms with van der Waals surface area (Å²) in [5.41, 5.74) is 0. The Bertz CT molecular complexity index is 166. The molecule has 0 aliphatic carbocycles. The van der Waals surface area contributed by atoms with E-state index in [0.29, 0.717) is 0 Å². The van der Waals surface area contributed by atoms with Crippen LogP contribution in [0.5, 0.6) is 0 Å². The molecule has 1 radical (unpaired) electrons. The molecule has 2 atom stereocenters. The third-order valence-electron chi connectivity index (χ3n) is 0.833. The molecule has 4 nitrogen and oxygen atoms in total. The molecule has 0 heterocycles. The van der Waals surface area contributed by atoms with Crippen molar-refractivity contribution in [1.82, 2.24) is 0 Å². The van der Waals surface area contributed by atoms with Crippen LogP contribution in [-0.4, -0.2) is 28.0 Å². The van der Waals surface area contributed by atoms with Gasteiger partial charge in [0.1, 0.15) is 0 Å². The average Bonchev–Trinajstić information content (AvgIpc) is 1.98. The molecule has 0 aliphatic rings. The molecule has 0 saturated carbocycles. The van der Waals surface area contributed by atoms with Crippen molar-refractivity contribution in [2.75, 3.05) is 5.75 Å². The standard InChI is InChI=1S/C5H9O4PS.Y/c1-3(6)11-2-4(7)5(8)9-10;/h4,7H,2,10H2,1H3;/t4-;/m0./s1. The number of thioether (sulfide) groups is 1. The zero-order valence-electron chi connectivity index (χ0n) is 6.52. The smallest absolute Gasteiger partial charge is 0.337 e. The van der Waals surface area contributed by atoms with Crippen LogP contribution in [0.1, 0.15) is 6.92 Å². The first-order valence-electron chi connectivity index (χ1n) is 2.80. The van der Waals surface area contributed by atoms with Crippen molar-refractivity contribution >= 4 is 32.3 Å². The van der Waals surface area contributed by atoms with Crippen LogP contribution < -0.4 is 0 Å². The maximum atomic E-state index is 10.5. The van der Waals surface area contributed by atoms with Crippen molar-refractivity contribution in [3.8, 4) is 0 Å². The third kappa shape index (κ3) is 7.62. The Morgan fingerprint density at radius 1 is 1.67 bits per heavy atom. The normalized spacial score (nSPS) is 11.2. The Morgan fingerprint density at radius 2 is 2.17 bits per heavy atom. The fourth-order valence-corrected chi connectivity index (χ4v) is 1.03. The fraction of sp³-hybridized carbons (Fsp3) is 0.600. The van der Waals surface area contributed by atoms with Gasteiger partial charge in [-0.1, -0.05) is 11.8 Å². The molecule has 7 heteroatoms. The SMILES string of the molecule is CC(=O)SC[C@H](O)C(=O)OP.[Y]. The molecular formula is C5H9O4PSY. The Labute approximate surface area is 102 Å². The van der Waals surface area contributed by atoms with Crippen molar-refractivity contribution in [3.63, 3.8) is 0 Å². The van der Waals surface area contributed by atoms with E-state index in [0.717, 1.165) is 11.8 Å². The minimum Gasteiger partial charge on any atom is -0.450 e. The van der Waals surface area contributed by atoms with Gasteiger partial charge in [0.05, 0.1) is 9.47 Å². The molecule has 0 aromatic rings. The van der Waals surface area contributed by atoms with Crippen LogP contribution in [-0.2, 0) is 46.8 Å². The maximum absolute atomic E-state index is 10.5. The topological polar surface area (TPSA) is 63.6 Å². The molecule has 1 unspecified atom stereocenters. The molecule has 1 N–H and O–H groups in total. The Morgan fingerprint density at radius 3 is 2.50 bits per heavy atom. The van der Waals surface area contributed by atoms with Crippen molar-refractivity contribution in [1.29, 1.82) is 0 Å². The molecule has 0 rings (SSSR count). The first-order valence-corrected chi connectivity index (χ1v) is 4.25. The van der Waals surface area contributed by atoms with Gasteiger partial charge >= 0.3 is 5.97 Å². The Kier molecular flexibility index (Phi) is 11.0. The number of rotatable bonds is 3. The van der Waals surface area contributed by atoms with E-state index in [9.17, 15) is 9.59 Å². The second-order valence-electron chi connectivity index (χ2n) is 1.76. The van der Waals surface area contributed by atoms with Crippen LogP contribution in [0.2, 0.25) is 0 Å². The zero-order valence-corrected chi connectivity index (χ0v) is 11.3. The van der Waals surface area contributed by atoms with Gasteiger partial charge in [0, 0.05) is 45.4 Å². The van der Waals surface area contributed by atoms with Crippen LogP contribution in [0.3, 0.4) is 0 Å². The summed E-state index contributed by atoms with van der Waals surface area (Å²) in [5, 5.41) is 8.77. The molecule has 0 spiro atoms. The van der Waals surface area contributed by atoms with E-state index < -0.39 is 12.1 Å². The minimum absolute atomic E-state index is 0. The number of aliphatic hydroxyl groups excluding tert-OH is 1. The van der Waals surface area contributed by atoms with Gasteiger partial charge in [0.15, 0.2) is 11.2 Å². The number of hydrogen-bond acceptors (Lipinski definition) is 5. The summed E-state index contributed by atoms with van der Waals surface area (Å²) in [6.45, 7) is 1.36. The maximum Gasteiger partial charge on any atom is 0.337 e. The van der Waals surface area contributed by atoms with Crippen molar-refractivity contribution in [2.24, 2.45) is 0 Å². The van der Waals surface area contributed by atoms with E-state index in [1.54, 1.807) is 9.47 Å². The first-order chi connectivity index (χ1) is 5.07. The van der Waals surface area contributed by atoms with E-state index in [4.69, 9.17) is 5.11 Å². The molecule has 0 saturated heterocycles. The first kappa shape index (κ1) is 15.5. The summed E-state index contributed by atoms with van der Waals surface area (Å²) < 4.78 is 4.15. The number of aliphatic hydroxyl groups is 1. The second-order valence-corrected chi connectivity index (χ2v) is 3.19. The summed E-state index contributed by atoms with van der Waals surface area (Å²) in [6.07, 6.45) is -1.22.